The number of hydrogen-bond acceptors (Lipinski definition) is 6. The molecule has 31 heavy (non-hydrogen) atoms. The van der Waals surface area contributed by atoms with Crippen molar-refractivity contribution in [3.8, 4) is 5.75 Å². The van der Waals surface area contributed by atoms with Crippen molar-refractivity contribution in [2.75, 3.05) is 19.0 Å². The van der Waals surface area contributed by atoms with Crippen LogP contribution >= 0.6 is 11.6 Å². The molecule has 7 nitrogen and oxygen atoms in total. The summed E-state index contributed by atoms with van der Waals surface area (Å²) in [7, 11) is 1.60. The van der Waals surface area contributed by atoms with Crippen LogP contribution in [0.3, 0.4) is 0 Å². The minimum Gasteiger partial charge on any atom is -0.496 e. The number of carbonyl (C=O) groups excluding carboxylic acids is 1. The second-order valence-corrected chi connectivity index (χ2v) is 7.95. The number of rotatable bonds is 6. The van der Waals surface area contributed by atoms with Crippen LogP contribution in [0, 0.1) is 5.82 Å². The number of primary amides is 1. The van der Waals surface area contributed by atoms with Crippen LogP contribution < -0.4 is 15.8 Å². The van der Waals surface area contributed by atoms with Crippen LogP contribution in [-0.4, -0.2) is 40.5 Å². The summed E-state index contributed by atoms with van der Waals surface area (Å²) in [6.07, 6.45) is 4.21. The zero-order chi connectivity index (χ0) is 22.0. The first kappa shape index (κ1) is 21.3. The molecule has 1 amide bonds. The highest BCUT2D eigenvalue weighted by Gasteiger charge is 2.27. The van der Waals surface area contributed by atoms with Crippen LogP contribution in [0.1, 0.15) is 24.8 Å². The fourth-order valence-corrected chi connectivity index (χ4v) is 4.15. The second-order valence-electron chi connectivity index (χ2n) is 7.54. The molecule has 9 heteroatoms. The maximum absolute atomic E-state index is 13.5. The standard InChI is InChI=1S/C22H23ClFN5O2/c1-31-20-10-18-15(8-13(20)11-29-7-3-2-4-19(29)21(25)30)22(27-12-26-18)28-14-5-6-17(24)16(23)9-14/h5-6,8-10,12,19H,2-4,7,11H2,1H3,(H2,25,30)(H,26,27,28)/t19-/m1/s1. The van der Waals surface area contributed by atoms with Gasteiger partial charge in [-0.3, -0.25) is 9.69 Å². The van der Waals surface area contributed by atoms with E-state index in [9.17, 15) is 9.18 Å². The van der Waals surface area contributed by atoms with Gasteiger partial charge in [0.05, 0.1) is 23.7 Å². The van der Waals surface area contributed by atoms with Gasteiger partial charge in [0.25, 0.3) is 0 Å². The summed E-state index contributed by atoms with van der Waals surface area (Å²) in [5.41, 5.74) is 7.82. The summed E-state index contributed by atoms with van der Waals surface area (Å²) in [6, 6.07) is 7.89. The number of nitrogens with two attached hydrogens (primary N) is 1. The second kappa shape index (κ2) is 9.03. The summed E-state index contributed by atoms with van der Waals surface area (Å²) >= 11 is 5.90. The third-order valence-corrected chi connectivity index (χ3v) is 5.83. The van der Waals surface area contributed by atoms with Crippen molar-refractivity contribution >= 4 is 39.9 Å². The van der Waals surface area contributed by atoms with Gasteiger partial charge in [-0.2, -0.15) is 0 Å². The maximum Gasteiger partial charge on any atom is 0.234 e. The molecule has 1 aliphatic rings. The smallest absolute Gasteiger partial charge is 0.234 e. The molecule has 162 valence electrons. The first-order chi connectivity index (χ1) is 15.0. The summed E-state index contributed by atoms with van der Waals surface area (Å²) in [5, 5.41) is 3.97. The Bertz CT molecular complexity index is 1130. The molecule has 1 fully saturated rings. The number of aromatic nitrogens is 2. The van der Waals surface area contributed by atoms with Gasteiger partial charge in [0.1, 0.15) is 23.7 Å². The van der Waals surface area contributed by atoms with Crippen LogP contribution in [-0.2, 0) is 11.3 Å². The normalized spacial score (nSPS) is 16.9. The number of carbonyl (C=O) groups is 1. The molecule has 0 unspecified atom stereocenters. The number of hydrogen-bond donors (Lipinski definition) is 2. The number of anilines is 2. The SMILES string of the molecule is COc1cc2ncnc(Nc3ccc(F)c(Cl)c3)c2cc1CN1CCCC[C@@H]1C(N)=O. The van der Waals surface area contributed by atoms with Crippen LogP contribution in [0.2, 0.25) is 5.02 Å². The highest BCUT2D eigenvalue weighted by Crippen LogP contribution is 2.32. The Hall–Kier alpha value is -2.97. The summed E-state index contributed by atoms with van der Waals surface area (Å²) in [4.78, 5) is 22.7. The molecular formula is C22H23ClFN5O2. The lowest BCUT2D eigenvalue weighted by Gasteiger charge is -2.34. The lowest BCUT2D eigenvalue weighted by Crippen LogP contribution is -2.47. The molecule has 1 saturated heterocycles. The van der Waals surface area contributed by atoms with Gasteiger partial charge in [0, 0.05) is 29.2 Å². The number of ether oxygens (including phenoxy) is 1. The minimum atomic E-state index is -0.489. The number of amides is 1. The van der Waals surface area contributed by atoms with E-state index >= 15 is 0 Å². The first-order valence-corrected chi connectivity index (χ1v) is 10.4. The lowest BCUT2D eigenvalue weighted by atomic mass is 10.00. The van der Waals surface area contributed by atoms with E-state index in [4.69, 9.17) is 22.1 Å². The Morgan fingerprint density at radius 2 is 2.16 bits per heavy atom. The molecule has 3 aromatic rings. The fraction of sp³-hybridized carbons (Fsp3) is 0.318. The predicted octanol–water partition coefficient (Wildman–Crippen LogP) is 4.01. The van der Waals surface area contributed by atoms with Crippen LogP contribution in [0.5, 0.6) is 5.75 Å². The van der Waals surface area contributed by atoms with Gasteiger partial charge in [0.15, 0.2) is 0 Å². The molecule has 0 bridgehead atoms. The quantitative estimate of drug-likeness (QED) is 0.597. The van der Waals surface area contributed by atoms with Crippen LogP contribution in [0.15, 0.2) is 36.7 Å². The van der Waals surface area contributed by atoms with Gasteiger partial charge in [-0.1, -0.05) is 18.0 Å². The van der Waals surface area contributed by atoms with Crippen molar-refractivity contribution in [2.24, 2.45) is 5.73 Å². The van der Waals surface area contributed by atoms with Crippen molar-refractivity contribution in [1.82, 2.24) is 14.9 Å². The zero-order valence-corrected chi connectivity index (χ0v) is 17.8. The van der Waals surface area contributed by atoms with E-state index < -0.39 is 5.82 Å². The number of fused-ring (bicyclic) bond motifs is 1. The molecule has 2 heterocycles. The van der Waals surface area contributed by atoms with Crippen molar-refractivity contribution in [1.29, 1.82) is 0 Å². The molecule has 3 N–H and O–H groups in total. The lowest BCUT2D eigenvalue weighted by molar-refractivity contribution is -0.124. The molecular weight excluding hydrogens is 421 g/mol. The molecule has 0 aliphatic carbocycles. The average Bonchev–Trinajstić information content (AvgIpc) is 2.76. The third kappa shape index (κ3) is 4.55. The van der Waals surface area contributed by atoms with E-state index in [0.717, 1.165) is 36.8 Å². The van der Waals surface area contributed by atoms with E-state index in [1.807, 2.05) is 12.1 Å². The van der Waals surface area contributed by atoms with Crippen molar-refractivity contribution in [2.45, 2.75) is 31.8 Å². The van der Waals surface area contributed by atoms with Crippen molar-refractivity contribution < 1.29 is 13.9 Å². The first-order valence-electron chi connectivity index (χ1n) is 10.0. The third-order valence-electron chi connectivity index (χ3n) is 5.54. The predicted molar refractivity (Wildman–Crippen MR) is 118 cm³/mol. The number of piperidine rings is 1. The van der Waals surface area contributed by atoms with Gasteiger partial charge in [-0.05, 0) is 43.7 Å². The number of benzene rings is 2. The zero-order valence-electron chi connectivity index (χ0n) is 17.1. The monoisotopic (exact) mass is 443 g/mol. The molecule has 4 rings (SSSR count). The molecule has 1 atom stereocenters. The Kier molecular flexibility index (Phi) is 6.20. The minimum absolute atomic E-state index is 0.0216. The number of halogens is 2. The number of nitrogens with zero attached hydrogens (tertiary/aromatic N) is 3. The van der Waals surface area contributed by atoms with Crippen LogP contribution in [0.25, 0.3) is 10.9 Å². The van der Waals surface area contributed by atoms with E-state index in [2.05, 4.69) is 20.2 Å². The van der Waals surface area contributed by atoms with E-state index in [1.165, 1.54) is 18.5 Å². The topological polar surface area (TPSA) is 93.4 Å². The molecule has 0 saturated carbocycles. The molecule has 0 radical (unpaired) electrons. The van der Waals surface area contributed by atoms with Gasteiger partial charge in [-0.15, -0.1) is 0 Å². The van der Waals surface area contributed by atoms with E-state index in [-0.39, 0.29) is 17.0 Å². The largest absolute Gasteiger partial charge is 0.496 e. The molecule has 2 aromatic carbocycles. The maximum atomic E-state index is 13.5. The van der Waals surface area contributed by atoms with Gasteiger partial charge in [0.2, 0.25) is 5.91 Å². The number of methoxy groups -OCH3 is 1. The van der Waals surface area contributed by atoms with Gasteiger partial charge in [-0.25, -0.2) is 14.4 Å². The van der Waals surface area contributed by atoms with Crippen molar-refractivity contribution in [3.63, 3.8) is 0 Å². The highest BCUT2D eigenvalue weighted by atomic mass is 35.5. The van der Waals surface area contributed by atoms with Gasteiger partial charge < -0.3 is 15.8 Å². The number of likely N-dealkylation sites (tertiary alicyclic amines) is 1. The Morgan fingerprint density at radius 1 is 1.32 bits per heavy atom. The molecule has 0 spiro atoms. The summed E-state index contributed by atoms with van der Waals surface area (Å²) in [5.74, 6) is 0.438. The Balaban J connectivity index is 1.71. The van der Waals surface area contributed by atoms with Gasteiger partial charge >= 0.3 is 0 Å². The van der Waals surface area contributed by atoms with E-state index in [1.54, 1.807) is 13.2 Å². The number of nitrogens with one attached hydrogen (secondary N) is 1. The Morgan fingerprint density at radius 3 is 2.90 bits per heavy atom. The van der Waals surface area contributed by atoms with Crippen LogP contribution in [0.4, 0.5) is 15.9 Å². The average molecular weight is 444 g/mol. The molecule has 1 aliphatic heterocycles. The summed E-state index contributed by atoms with van der Waals surface area (Å²) in [6.45, 7) is 1.31. The fourth-order valence-electron chi connectivity index (χ4n) is 3.97. The van der Waals surface area contributed by atoms with E-state index in [0.29, 0.717) is 29.3 Å². The Labute approximate surface area is 184 Å². The molecule has 1 aromatic heterocycles. The van der Waals surface area contributed by atoms with Crippen molar-refractivity contribution in [3.05, 3.63) is 53.1 Å². The highest BCUT2D eigenvalue weighted by molar-refractivity contribution is 6.31. The summed E-state index contributed by atoms with van der Waals surface area (Å²) < 4.78 is 19.1.